The van der Waals surface area contributed by atoms with E-state index in [2.05, 4.69) is 51.3 Å². The molecule has 6 nitrogen and oxygen atoms in total. The van der Waals surface area contributed by atoms with Crippen molar-refractivity contribution in [1.82, 2.24) is 0 Å². The SMILES string of the molecule is C=CC(=O)OCCCOc1ccc(C(C)(C)c2ccc(OCC(C)OC(=O)C=C)c(C)c2)cc1C. The van der Waals surface area contributed by atoms with Gasteiger partial charge in [-0.3, -0.25) is 0 Å². The van der Waals surface area contributed by atoms with Gasteiger partial charge in [0.2, 0.25) is 0 Å². The Balaban J connectivity index is 2.03. The molecule has 35 heavy (non-hydrogen) atoms. The molecular weight excluding hydrogens is 444 g/mol. The Morgan fingerprint density at radius 2 is 1.43 bits per heavy atom. The third kappa shape index (κ3) is 8.02. The van der Waals surface area contributed by atoms with Crippen LogP contribution in [-0.2, 0) is 24.5 Å². The minimum Gasteiger partial charge on any atom is -0.493 e. The van der Waals surface area contributed by atoms with E-state index in [0.29, 0.717) is 19.6 Å². The molecule has 0 aliphatic heterocycles. The number of hydrogen-bond acceptors (Lipinski definition) is 6. The average molecular weight is 481 g/mol. The second-order valence-electron chi connectivity index (χ2n) is 8.92. The first kappa shape index (κ1) is 27.7. The zero-order valence-electron chi connectivity index (χ0n) is 21.4. The van der Waals surface area contributed by atoms with Crippen LogP contribution >= 0.6 is 0 Å². The van der Waals surface area contributed by atoms with Crippen molar-refractivity contribution in [3.05, 3.63) is 84.0 Å². The number of aryl methyl sites for hydroxylation is 2. The van der Waals surface area contributed by atoms with Gasteiger partial charge in [0, 0.05) is 24.0 Å². The van der Waals surface area contributed by atoms with Gasteiger partial charge in [0.1, 0.15) is 24.2 Å². The fourth-order valence-electron chi connectivity index (χ4n) is 3.53. The predicted octanol–water partition coefficient (Wildman–Crippen LogP) is 5.62. The minimum absolute atomic E-state index is 0.238. The van der Waals surface area contributed by atoms with Crippen molar-refractivity contribution in [3.8, 4) is 11.5 Å². The van der Waals surface area contributed by atoms with E-state index < -0.39 is 11.9 Å². The molecule has 6 heteroatoms. The summed E-state index contributed by atoms with van der Waals surface area (Å²) < 4.78 is 21.9. The molecule has 0 heterocycles. The van der Waals surface area contributed by atoms with E-state index in [1.807, 2.05) is 26.0 Å². The van der Waals surface area contributed by atoms with Gasteiger partial charge in [-0.2, -0.15) is 0 Å². The number of ether oxygens (including phenoxy) is 4. The van der Waals surface area contributed by atoms with Gasteiger partial charge < -0.3 is 18.9 Å². The molecule has 0 spiro atoms. The largest absolute Gasteiger partial charge is 0.493 e. The standard InChI is InChI=1S/C29H36O6/c1-8-27(30)33-16-10-15-32-25-13-11-23(17-20(25)3)29(6,7)24-12-14-26(21(4)18-24)34-19-22(5)35-28(31)9-2/h8-9,11-14,17-18,22H,1-2,10,15-16,19H2,3-7H3. The third-order valence-corrected chi connectivity index (χ3v) is 5.71. The number of benzene rings is 2. The topological polar surface area (TPSA) is 71.1 Å². The monoisotopic (exact) mass is 480 g/mol. The molecule has 0 aliphatic rings. The van der Waals surface area contributed by atoms with Gasteiger partial charge in [-0.1, -0.05) is 51.3 Å². The molecule has 0 fully saturated rings. The van der Waals surface area contributed by atoms with Crippen LogP contribution in [0.3, 0.4) is 0 Å². The first-order chi connectivity index (χ1) is 16.6. The molecule has 188 valence electrons. The second-order valence-corrected chi connectivity index (χ2v) is 8.92. The first-order valence-electron chi connectivity index (χ1n) is 11.7. The Kier molecular flexibility index (Phi) is 10.1. The van der Waals surface area contributed by atoms with Crippen molar-refractivity contribution in [2.75, 3.05) is 19.8 Å². The Morgan fingerprint density at radius 1 is 0.886 bits per heavy atom. The molecule has 2 aromatic carbocycles. The Morgan fingerprint density at radius 3 is 1.94 bits per heavy atom. The predicted molar refractivity (Wildman–Crippen MR) is 137 cm³/mol. The smallest absolute Gasteiger partial charge is 0.330 e. The van der Waals surface area contributed by atoms with Crippen molar-refractivity contribution in [2.45, 2.75) is 52.6 Å². The van der Waals surface area contributed by atoms with E-state index in [4.69, 9.17) is 18.9 Å². The zero-order valence-corrected chi connectivity index (χ0v) is 21.4. The Labute approximate surface area is 208 Å². The fourth-order valence-corrected chi connectivity index (χ4v) is 3.53. The van der Waals surface area contributed by atoms with Crippen LogP contribution in [0, 0.1) is 13.8 Å². The van der Waals surface area contributed by atoms with E-state index in [1.54, 1.807) is 6.92 Å². The summed E-state index contributed by atoms with van der Waals surface area (Å²) in [5.41, 5.74) is 4.13. The van der Waals surface area contributed by atoms with Gasteiger partial charge in [-0.25, -0.2) is 9.59 Å². The summed E-state index contributed by atoms with van der Waals surface area (Å²) in [6.45, 7) is 18.0. The molecule has 0 aromatic heterocycles. The van der Waals surface area contributed by atoms with Crippen LogP contribution in [0.2, 0.25) is 0 Å². The van der Waals surface area contributed by atoms with Gasteiger partial charge in [-0.05, 0) is 55.2 Å². The molecule has 2 rings (SSSR count). The number of carbonyl (C=O) groups excluding carboxylic acids is 2. The molecule has 0 N–H and O–H groups in total. The van der Waals surface area contributed by atoms with E-state index >= 15 is 0 Å². The molecule has 0 saturated heterocycles. The van der Waals surface area contributed by atoms with Gasteiger partial charge in [0.05, 0.1) is 13.2 Å². The van der Waals surface area contributed by atoms with Crippen molar-refractivity contribution < 1.29 is 28.5 Å². The number of rotatable bonds is 13. The summed E-state index contributed by atoms with van der Waals surface area (Å²) >= 11 is 0. The molecule has 1 unspecified atom stereocenters. The molecule has 2 aromatic rings. The Hall–Kier alpha value is -3.54. The highest BCUT2D eigenvalue weighted by atomic mass is 16.6. The van der Waals surface area contributed by atoms with Crippen LogP contribution in [0.4, 0.5) is 0 Å². The zero-order chi connectivity index (χ0) is 26.0. The highest BCUT2D eigenvalue weighted by Crippen LogP contribution is 2.36. The molecular formula is C29H36O6. The van der Waals surface area contributed by atoms with Gasteiger partial charge >= 0.3 is 11.9 Å². The minimum atomic E-state index is -0.462. The van der Waals surface area contributed by atoms with E-state index in [1.165, 1.54) is 5.56 Å². The van der Waals surface area contributed by atoms with E-state index in [9.17, 15) is 9.59 Å². The molecule has 1 atom stereocenters. The van der Waals surface area contributed by atoms with Crippen molar-refractivity contribution in [3.63, 3.8) is 0 Å². The quantitative estimate of drug-likeness (QED) is 0.210. The van der Waals surface area contributed by atoms with E-state index in [0.717, 1.165) is 40.3 Å². The fraction of sp³-hybridized carbons (Fsp3) is 0.379. The lowest BCUT2D eigenvalue weighted by Crippen LogP contribution is -2.22. The molecule has 0 bridgehead atoms. The van der Waals surface area contributed by atoms with Crippen molar-refractivity contribution in [1.29, 1.82) is 0 Å². The summed E-state index contributed by atoms with van der Waals surface area (Å²) in [6, 6.07) is 12.3. The van der Waals surface area contributed by atoms with Gasteiger partial charge in [0.25, 0.3) is 0 Å². The van der Waals surface area contributed by atoms with Gasteiger partial charge in [-0.15, -0.1) is 0 Å². The maximum atomic E-state index is 11.3. The van der Waals surface area contributed by atoms with Crippen molar-refractivity contribution in [2.24, 2.45) is 0 Å². The average Bonchev–Trinajstić information content (AvgIpc) is 2.83. The molecule has 0 amide bonds. The van der Waals surface area contributed by atoms with Crippen LogP contribution < -0.4 is 9.47 Å². The maximum Gasteiger partial charge on any atom is 0.330 e. The van der Waals surface area contributed by atoms with Crippen LogP contribution in [-0.4, -0.2) is 37.9 Å². The highest BCUT2D eigenvalue weighted by Gasteiger charge is 2.24. The van der Waals surface area contributed by atoms with Crippen molar-refractivity contribution >= 4 is 11.9 Å². The summed E-state index contributed by atoms with van der Waals surface area (Å²) in [7, 11) is 0. The second kappa shape index (κ2) is 12.8. The summed E-state index contributed by atoms with van der Waals surface area (Å²) in [5, 5.41) is 0. The normalized spacial score (nSPS) is 11.8. The highest BCUT2D eigenvalue weighted by molar-refractivity contribution is 5.81. The number of carbonyl (C=O) groups is 2. The van der Waals surface area contributed by atoms with Crippen LogP contribution in [0.15, 0.2) is 61.7 Å². The third-order valence-electron chi connectivity index (χ3n) is 5.71. The first-order valence-corrected chi connectivity index (χ1v) is 11.7. The maximum absolute atomic E-state index is 11.3. The number of hydrogen-bond donors (Lipinski definition) is 0. The lowest BCUT2D eigenvalue weighted by atomic mass is 9.77. The van der Waals surface area contributed by atoms with E-state index in [-0.39, 0.29) is 18.1 Å². The Bertz CT molecular complexity index is 1050. The summed E-state index contributed by atoms with van der Waals surface area (Å²) in [4.78, 5) is 22.4. The molecule has 0 saturated carbocycles. The molecule has 0 aliphatic carbocycles. The summed E-state index contributed by atoms with van der Waals surface area (Å²) in [5.74, 6) is 0.678. The van der Waals surface area contributed by atoms with Crippen LogP contribution in [0.5, 0.6) is 11.5 Å². The lowest BCUT2D eigenvalue weighted by Gasteiger charge is -2.28. The summed E-state index contributed by atoms with van der Waals surface area (Å²) in [6.07, 6.45) is 2.53. The van der Waals surface area contributed by atoms with Gasteiger partial charge in [0.15, 0.2) is 0 Å². The van der Waals surface area contributed by atoms with Crippen LogP contribution in [0.25, 0.3) is 0 Å². The van der Waals surface area contributed by atoms with Crippen LogP contribution in [0.1, 0.15) is 49.4 Å². The lowest BCUT2D eigenvalue weighted by molar-refractivity contribution is -0.143. The number of esters is 2. The molecule has 0 radical (unpaired) electrons.